The first-order chi connectivity index (χ1) is 16.9. The van der Waals surface area contributed by atoms with Gasteiger partial charge in [-0.05, 0) is 73.1 Å². The molecule has 1 aliphatic carbocycles. The summed E-state index contributed by atoms with van der Waals surface area (Å²) in [6, 6.07) is 17.7. The second-order valence-corrected chi connectivity index (χ2v) is 11.4. The standard InChI is InChI=1S/C28H28FN3O2S/c1-35(33,34)31-20-8-12-23-19(17-20)7-11-24-25-14-13-22(26(29)28(25)30-27(23)24)18-5-9-21(10-6-18)32-15-3-2-4-16-32/h5-6,8-10,12-14,17,30-31H,2-4,7,11,15-16H2,1H3. The zero-order chi connectivity index (χ0) is 24.2. The number of aromatic nitrogens is 1. The summed E-state index contributed by atoms with van der Waals surface area (Å²) in [6.45, 7) is 2.17. The van der Waals surface area contributed by atoms with Crippen molar-refractivity contribution in [1.29, 1.82) is 0 Å². The van der Waals surface area contributed by atoms with Crippen LogP contribution in [0.5, 0.6) is 0 Å². The zero-order valence-electron chi connectivity index (χ0n) is 19.7. The second-order valence-electron chi connectivity index (χ2n) is 9.67. The van der Waals surface area contributed by atoms with Crippen LogP contribution in [0.15, 0.2) is 54.6 Å². The summed E-state index contributed by atoms with van der Waals surface area (Å²) in [5.74, 6) is -0.237. The number of aromatic amines is 1. The number of nitrogens with zero attached hydrogens (tertiary/aromatic N) is 1. The van der Waals surface area contributed by atoms with Crippen LogP contribution in [0.3, 0.4) is 0 Å². The van der Waals surface area contributed by atoms with Gasteiger partial charge < -0.3 is 9.88 Å². The van der Waals surface area contributed by atoms with Gasteiger partial charge in [0, 0.05) is 41.0 Å². The number of piperidine rings is 1. The van der Waals surface area contributed by atoms with E-state index in [1.165, 1.54) is 24.9 Å². The number of aryl methyl sites for hydroxylation is 2. The molecule has 180 valence electrons. The van der Waals surface area contributed by atoms with Crippen LogP contribution in [-0.4, -0.2) is 32.7 Å². The Morgan fingerprint density at radius 1 is 0.914 bits per heavy atom. The number of rotatable bonds is 4. The van der Waals surface area contributed by atoms with E-state index in [-0.39, 0.29) is 5.82 Å². The highest BCUT2D eigenvalue weighted by Gasteiger charge is 2.24. The molecule has 0 amide bonds. The first kappa shape index (κ1) is 22.2. The Balaban J connectivity index is 1.36. The lowest BCUT2D eigenvalue weighted by Gasteiger charge is -2.28. The number of benzene rings is 3. The monoisotopic (exact) mass is 489 g/mol. The Bertz CT molecular complexity index is 1530. The normalized spacial score (nSPS) is 15.7. The molecule has 7 heteroatoms. The van der Waals surface area contributed by atoms with Gasteiger partial charge in [0.15, 0.2) is 5.82 Å². The number of sulfonamides is 1. The summed E-state index contributed by atoms with van der Waals surface area (Å²) >= 11 is 0. The summed E-state index contributed by atoms with van der Waals surface area (Å²) in [5.41, 5.74) is 7.81. The molecule has 3 aromatic carbocycles. The van der Waals surface area contributed by atoms with Crippen LogP contribution in [0, 0.1) is 5.82 Å². The summed E-state index contributed by atoms with van der Waals surface area (Å²) in [7, 11) is -3.34. The third-order valence-electron chi connectivity index (χ3n) is 7.24. The van der Waals surface area contributed by atoms with Crippen molar-refractivity contribution in [3.8, 4) is 22.4 Å². The van der Waals surface area contributed by atoms with E-state index in [0.29, 0.717) is 16.8 Å². The van der Waals surface area contributed by atoms with E-state index in [9.17, 15) is 8.42 Å². The third-order valence-corrected chi connectivity index (χ3v) is 7.85. The van der Waals surface area contributed by atoms with Crippen LogP contribution in [0.2, 0.25) is 0 Å². The molecule has 0 spiro atoms. The minimum absolute atomic E-state index is 0.237. The van der Waals surface area contributed by atoms with Crippen molar-refractivity contribution in [2.75, 3.05) is 29.0 Å². The molecule has 1 fully saturated rings. The van der Waals surface area contributed by atoms with Gasteiger partial charge in [-0.3, -0.25) is 4.72 Å². The molecule has 0 bridgehead atoms. The first-order valence-corrected chi connectivity index (χ1v) is 14.1. The van der Waals surface area contributed by atoms with Crippen molar-refractivity contribution >= 4 is 32.3 Å². The summed E-state index contributed by atoms with van der Waals surface area (Å²) in [4.78, 5) is 5.76. The van der Waals surface area contributed by atoms with Gasteiger partial charge in [-0.25, -0.2) is 12.8 Å². The molecule has 5 nitrogen and oxygen atoms in total. The van der Waals surface area contributed by atoms with E-state index in [4.69, 9.17) is 0 Å². The zero-order valence-corrected chi connectivity index (χ0v) is 20.5. The number of fused-ring (bicyclic) bond motifs is 5. The van der Waals surface area contributed by atoms with E-state index in [2.05, 4.69) is 26.7 Å². The smallest absolute Gasteiger partial charge is 0.229 e. The molecule has 1 aromatic heterocycles. The van der Waals surface area contributed by atoms with E-state index in [1.807, 2.05) is 36.4 Å². The van der Waals surface area contributed by atoms with Gasteiger partial charge >= 0.3 is 0 Å². The molecular formula is C28H28FN3O2S. The van der Waals surface area contributed by atoms with Gasteiger partial charge in [0.25, 0.3) is 0 Å². The quantitative estimate of drug-likeness (QED) is 0.364. The van der Waals surface area contributed by atoms with Gasteiger partial charge in [-0.15, -0.1) is 0 Å². The maximum atomic E-state index is 15.8. The topological polar surface area (TPSA) is 65.2 Å². The minimum Gasteiger partial charge on any atom is -0.372 e. The maximum Gasteiger partial charge on any atom is 0.229 e. The average molecular weight is 490 g/mol. The molecule has 0 unspecified atom stereocenters. The Labute approximate surface area is 205 Å². The average Bonchev–Trinajstić information content (AvgIpc) is 3.24. The molecule has 35 heavy (non-hydrogen) atoms. The lowest BCUT2D eigenvalue weighted by molar-refractivity contribution is 0.578. The number of halogens is 1. The summed E-state index contributed by atoms with van der Waals surface area (Å²) < 4.78 is 41.6. The van der Waals surface area contributed by atoms with Crippen molar-refractivity contribution in [2.45, 2.75) is 32.1 Å². The first-order valence-electron chi connectivity index (χ1n) is 12.2. The van der Waals surface area contributed by atoms with E-state index in [1.54, 1.807) is 6.07 Å². The number of hydrogen-bond donors (Lipinski definition) is 2. The molecule has 0 atom stereocenters. The molecule has 6 rings (SSSR count). The maximum absolute atomic E-state index is 15.8. The number of anilines is 2. The lowest BCUT2D eigenvalue weighted by atomic mass is 9.88. The van der Waals surface area contributed by atoms with Crippen LogP contribution in [0.4, 0.5) is 15.8 Å². The largest absolute Gasteiger partial charge is 0.372 e. The van der Waals surface area contributed by atoms with Crippen LogP contribution in [-0.2, 0) is 22.9 Å². The van der Waals surface area contributed by atoms with Gasteiger partial charge in [0.05, 0.1) is 17.5 Å². The van der Waals surface area contributed by atoms with Crippen molar-refractivity contribution in [3.63, 3.8) is 0 Å². The molecular weight excluding hydrogens is 461 g/mol. The summed E-state index contributed by atoms with van der Waals surface area (Å²) in [5, 5.41) is 0.912. The molecule has 2 N–H and O–H groups in total. The molecule has 1 aliphatic heterocycles. The summed E-state index contributed by atoms with van der Waals surface area (Å²) in [6.07, 6.45) is 6.43. The number of nitrogens with one attached hydrogen (secondary N) is 2. The molecule has 2 heterocycles. The van der Waals surface area contributed by atoms with Crippen LogP contribution in [0.1, 0.15) is 30.4 Å². The Kier molecular flexibility index (Phi) is 5.33. The van der Waals surface area contributed by atoms with Crippen molar-refractivity contribution in [1.82, 2.24) is 4.98 Å². The fourth-order valence-electron chi connectivity index (χ4n) is 5.58. The second kappa shape index (κ2) is 8.41. The van der Waals surface area contributed by atoms with Crippen LogP contribution >= 0.6 is 0 Å². The van der Waals surface area contributed by atoms with E-state index < -0.39 is 10.0 Å². The third kappa shape index (κ3) is 4.08. The molecule has 0 radical (unpaired) electrons. The van der Waals surface area contributed by atoms with Crippen molar-refractivity contribution < 1.29 is 12.8 Å². The van der Waals surface area contributed by atoms with E-state index in [0.717, 1.165) is 65.5 Å². The van der Waals surface area contributed by atoms with E-state index >= 15 is 4.39 Å². The fourth-order valence-corrected chi connectivity index (χ4v) is 6.14. The molecule has 4 aromatic rings. The fraction of sp³-hybridized carbons (Fsp3) is 0.286. The molecule has 0 saturated carbocycles. The highest BCUT2D eigenvalue weighted by molar-refractivity contribution is 7.92. The Morgan fingerprint density at radius 2 is 1.66 bits per heavy atom. The number of H-pyrrole nitrogens is 1. The van der Waals surface area contributed by atoms with Gasteiger partial charge in [-0.1, -0.05) is 30.3 Å². The highest BCUT2D eigenvalue weighted by atomic mass is 32.2. The molecule has 1 saturated heterocycles. The predicted molar refractivity (Wildman–Crippen MR) is 141 cm³/mol. The minimum atomic E-state index is -3.34. The lowest BCUT2D eigenvalue weighted by Crippen LogP contribution is -2.29. The van der Waals surface area contributed by atoms with Crippen molar-refractivity contribution in [2.24, 2.45) is 0 Å². The van der Waals surface area contributed by atoms with Crippen molar-refractivity contribution in [3.05, 3.63) is 71.5 Å². The number of hydrogen-bond acceptors (Lipinski definition) is 3. The van der Waals surface area contributed by atoms with Gasteiger partial charge in [-0.2, -0.15) is 0 Å². The Hall–Kier alpha value is -3.32. The van der Waals surface area contributed by atoms with Crippen LogP contribution in [0.25, 0.3) is 33.3 Å². The highest BCUT2D eigenvalue weighted by Crippen LogP contribution is 2.41. The van der Waals surface area contributed by atoms with Crippen LogP contribution < -0.4 is 9.62 Å². The van der Waals surface area contributed by atoms with Gasteiger partial charge in [0.2, 0.25) is 10.0 Å². The predicted octanol–water partition coefficient (Wildman–Crippen LogP) is 6.10. The van der Waals surface area contributed by atoms with Gasteiger partial charge in [0.1, 0.15) is 0 Å². The molecule has 2 aliphatic rings. The Morgan fingerprint density at radius 3 is 2.40 bits per heavy atom. The SMILES string of the molecule is CS(=O)(=O)Nc1ccc2c(c1)CCc1c-2[nH]c2c(F)c(-c3ccc(N4CCCCC4)cc3)ccc12.